The summed E-state index contributed by atoms with van der Waals surface area (Å²) in [4.78, 5) is 2.20. The summed E-state index contributed by atoms with van der Waals surface area (Å²) in [7, 11) is 3.88. The molecule has 0 unspecified atom stereocenters. The van der Waals surface area contributed by atoms with Crippen molar-refractivity contribution >= 4 is 17.2 Å². The number of aromatic nitrogens is 2. The van der Waals surface area contributed by atoms with E-state index in [2.05, 4.69) is 10.00 Å². The van der Waals surface area contributed by atoms with Gasteiger partial charge in [0.2, 0.25) is 0 Å². The summed E-state index contributed by atoms with van der Waals surface area (Å²) in [5.74, 6) is -0.379. The Labute approximate surface area is 123 Å². The minimum absolute atomic E-state index is 0.0827. The van der Waals surface area contributed by atoms with Crippen LogP contribution in [0.5, 0.6) is 0 Å². The molecule has 0 aliphatic heterocycles. The van der Waals surface area contributed by atoms with Crippen LogP contribution in [0.25, 0.3) is 0 Å². The van der Waals surface area contributed by atoms with Gasteiger partial charge in [-0.2, -0.15) is 5.10 Å². The monoisotopic (exact) mass is 292 g/mol. The van der Waals surface area contributed by atoms with Gasteiger partial charge < -0.3 is 5.73 Å². The zero-order chi connectivity index (χ0) is 14.7. The van der Waals surface area contributed by atoms with Crippen molar-refractivity contribution in [3.63, 3.8) is 0 Å². The zero-order valence-electron chi connectivity index (χ0n) is 11.5. The normalized spacial score (nSPS) is 11.0. The summed E-state index contributed by atoms with van der Waals surface area (Å²) in [5, 5.41) is 4.13. The average Bonchev–Trinajstić information content (AvgIpc) is 2.76. The summed E-state index contributed by atoms with van der Waals surface area (Å²) >= 11 is 4.84. The van der Waals surface area contributed by atoms with E-state index < -0.39 is 0 Å². The highest BCUT2D eigenvalue weighted by atomic mass is 32.1. The molecule has 6 heteroatoms. The van der Waals surface area contributed by atoms with Crippen LogP contribution in [-0.2, 0) is 20.1 Å². The number of rotatable bonds is 5. The Balaban J connectivity index is 2.06. The van der Waals surface area contributed by atoms with Gasteiger partial charge in [-0.05, 0) is 24.7 Å². The van der Waals surface area contributed by atoms with E-state index in [1.54, 1.807) is 16.8 Å². The van der Waals surface area contributed by atoms with Crippen LogP contribution in [0.2, 0.25) is 0 Å². The molecule has 0 atom stereocenters. The van der Waals surface area contributed by atoms with E-state index in [0.29, 0.717) is 12.1 Å². The molecule has 0 aliphatic rings. The molecule has 0 saturated heterocycles. The van der Waals surface area contributed by atoms with Crippen LogP contribution >= 0.6 is 12.2 Å². The van der Waals surface area contributed by atoms with E-state index in [9.17, 15) is 4.39 Å². The summed E-state index contributed by atoms with van der Waals surface area (Å²) in [6.45, 7) is 1.46. The van der Waals surface area contributed by atoms with Crippen molar-refractivity contribution in [1.82, 2.24) is 14.7 Å². The maximum Gasteiger partial charge on any atom is 0.133 e. The van der Waals surface area contributed by atoms with E-state index in [0.717, 1.165) is 17.7 Å². The zero-order valence-corrected chi connectivity index (χ0v) is 12.3. The molecule has 2 aromatic rings. The molecule has 1 aromatic heterocycles. The lowest BCUT2D eigenvalue weighted by Gasteiger charge is -2.16. The molecule has 4 nitrogen and oxygen atoms in total. The third kappa shape index (κ3) is 3.61. The molecule has 0 saturated carbocycles. The third-order valence-electron chi connectivity index (χ3n) is 2.96. The molecule has 2 N–H and O–H groups in total. The van der Waals surface area contributed by atoms with Crippen LogP contribution in [0.1, 0.15) is 16.7 Å². The molecule has 0 aliphatic carbocycles. The van der Waals surface area contributed by atoms with Gasteiger partial charge in [-0.1, -0.05) is 18.3 Å². The van der Waals surface area contributed by atoms with E-state index in [4.69, 9.17) is 18.0 Å². The standard InChI is InChI=1S/C14H17FN4S/c1-18(8-11-6-17-19(2)9-11)7-10-3-4-13(15)12(5-10)14(16)20/h3-6,9H,7-8H2,1-2H3,(H2,16,20). The number of halogens is 1. The van der Waals surface area contributed by atoms with Gasteiger partial charge in [-0.15, -0.1) is 0 Å². The number of hydrogen-bond acceptors (Lipinski definition) is 3. The number of nitrogens with two attached hydrogens (primary N) is 1. The van der Waals surface area contributed by atoms with Crippen LogP contribution in [0.3, 0.4) is 0 Å². The fourth-order valence-corrected chi connectivity index (χ4v) is 2.25. The fraction of sp³-hybridized carbons (Fsp3) is 0.286. The van der Waals surface area contributed by atoms with Crippen molar-refractivity contribution in [2.75, 3.05) is 7.05 Å². The van der Waals surface area contributed by atoms with Crippen LogP contribution in [0, 0.1) is 5.82 Å². The second kappa shape index (κ2) is 6.11. The van der Waals surface area contributed by atoms with Crippen molar-refractivity contribution in [3.05, 3.63) is 53.1 Å². The SMILES string of the molecule is CN(Cc1ccc(F)c(C(N)=S)c1)Cc1cnn(C)c1. The number of thiocarbonyl (C=S) groups is 1. The highest BCUT2D eigenvalue weighted by Gasteiger charge is 2.08. The molecule has 0 fully saturated rings. The van der Waals surface area contributed by atoms with Gasteiger partial charge in [0.25, 0.3) is 0 Å². The first-order valence-electron chi connectivity index (χ1n) is 6.20. The Morgan fingerprint density at radius 2 is 2.10 bits per heavy atom. The Morgan fingerprint density at radius 1 is 1.40 bits per heavy atom. The summed E-state index contributed by atoms with van der Waals surface area (Å²) in [6, 6.07) is 4.86. The summed E-state index contributed by atoms with van der Waals surface area (Å²) < 4.78 is 15.3. The highest BCUT2D eigenvalue weighted by molar-refractivity contribution is 7.80. The molecular formula is C14H17FN4S. The van der Waals surface area contributed by atoms with Gasteiger partial charge in [-0.25, -0.2) is 4.39 Å². The van der Waals surface area contributed by atoms with Crippen molar-refractivity contribution in [2.24, 2.45) is 12.8 Å². The second-order valence-electron chi connectivity index (χ2n) is 4.87. The molecule has 0 bridgehead atoms. The van der Waals surface area contributed by atoms with Gasteiger partial charge in [-0.3, -0.25) is 9.58 Å². The molecular weight excluding hydrogens is 275 g/mol. The molecule has 0 amide bonds. The van der Waals surface area contributed by atoms with Crippen LogP contribution < -0.4 is 5.73 Å². The number of benzene rings is 1. The van der Waals surface area contributed by atoms with Crippen LogP contribution in [-0.4, -0.2) is 26.7 Å². The predicted molar refractivity (Wildman–Crippen MR) is 80.7 cm³/mol. The largest absolute Gasteiger partial charge is 0.389 e. The lowest BCUT2D eigenvalue weighted by molar-refractivity contribution is 0.319. The lowest BCUT2D eigenvalue weighted by atomic mass is 10.1. The number of aryl methyl sites for hydroxylation is 1. The first kappa shape index (κ1) is 14.6. The first-order chi connectivity index (χ1) is 9.45. The maximum atomic E-state index is 13.5. The van der Waals surface area contributed by atoms with Gasteiger partial charge in [0.05, 0.1) is 6.20 Å². The summed E-state index contributed by atoms with van der Waals surface area (Å²) in [5.41, 5.74) is 7.91. The molecule has 1 aromatic carbocycles. The highest BCUT2D eigenvalue weighted by Crippen LogP contribution is 2.13. The van der Waals surface area contributed by atoms with E-state index in [1.165, 1.54) is 6.07 Å². The third-order valence-corrected chi connectivity index (χ3v) is 3.18. The second-order valence-corrected chi connectivity index (χ2v) is 5.31. The molecule has 2 rings (SSSR count). The van der Waals surface area contributed by atoms with Gasteiger partial charge >= 0.3 is 0 Å². The Morgan fingerprint density at radius 3 is 2.70 bits per heavy atom. The van der Waals surface area contributed by atoms with E-state index in [-0.39, 0.29) is 10.8 Å². The topological polar surface area (TPSA) is 47.1 Å². The quantitative estimate of drug-likeness (QED) is 0.854. The predicted octanol–water partition coefficient (Wildman–Crippen LogP) is 1.83. The minimum Gasteiger partial charge on any atom is -0.389 e. The molecule has 20 heavy (non-hydrogen) atoms. The first-order valence-corrected chi connectivity index (χ1v) is 6.61. The van der Waals surface area contributed by atoms with E-state index >= 15 is 0 Å². The van der Waals surface area contributed by atoms with Crippen molar-refractivity contribution in [3.8, 4) is 0 Å². The van der Waals surface area contributed by atoms with Gasteiger partial charge in [0.15, 0.2) is 0 Å². The van der Waals surface area contributed by atoms with Gasteiger partial charge in [0, 0.05) is 37.5 Å². The molecule has 0 radical (unpaired) electrons. The minimum atomic E-state index is -0.379. The van der Waals surface area contributed by atoms with Crippen molar-refractivity contribution < 1.29 is 4.39 Å². The molecule has 0 spiro atoms. The number of hydrogen-bond donors (Lipinski definition) is 1. The van der Waals surface area contributed by atoms with Crippen LogP contribution in [0.4, 0.5) is 4.39 Å². The average molecular weight is 292 g/mol. The number of nitrogens with zero attached hydrogens (tertiary/aromatic N) is 3. The lowest BCUT2D eigenvalue weighted by Crippen LogP contribution is -2.18. The van der Waals surface area contributed by atoms with Gasteiger partial charge in [0.1, 0.15) is 10.8 Å². The Hall–Kier alpha value is -1.79. The Bertz CT molecular complexity index is 623. The molecule has 106 valence electrons. The van der Waals surface area contributed by atoms with Crippen LogP contribution in [0.15, 0.2) is 30.6 Å². The fourth-order valence-electron chi connectivity index (χ4n) is 2.09. The maximum absolute atomic E-state index is 13.5. The van der Waals surface area contributed by atoms with E-state index in [1.807, 2.05) is 26.5 Å². The Kier molecular flexibility index (Phi) is 4.46. The molecule has 1 heterocycles. The van der Waals surface area contributed by atoms with Crippen molar-refractivity contribution in [1.29, 1.82) is 0 Å². The summed E-state index contributed by atoms with van der Waals surface area (Å²) in [6.07, 6.45) is 3.81. The smallest absolute Gasteiger partial charge is 0.133 e. The van der Waals surface area contributed by atoms with Crippen molar-refractivity contribution in [2.45, 2.75) is 13.1 Å².